The topological polar surface area (TPSA) is 22.1 Å². The fourth-order valence-electron chi connectivity index (χ4n) is 2.12. The van der Waals surface area contributed by atoms with E-state index in [1.165, 1.54) is 0 Å². The minimum absolute atomic E-state index is 0.133. The molecular weight excluding hydrogens is 241 g/mol. The second-order valence-corrected chi connectivity index (χ2v) is 5.90. The van der Waals surface area contributed by atoms with Gasteiger partial charge in [-0.05, 0) is 37.0 Å². The summed E-state index contributed by atoms with van der Waals surface area (Å²) in [7, 11) is 3.48. The Bertz CT molecular complexity index is 641. The Labute approximate surface area is 113 Å². The maximum atomic E-state index is 14.3. The first-order valence-electron chi connectivity index (χ1n) is 6.28. The molecule has 1 aromatic carbocycles. The van der Waals surface area contributed by atoms with Gasteiger partial charge in [0.15, 0.2) is 0 Å². The Morgan fingerprint density at radius 3 is 2.37 bits per heavy atom. The van der Waals surface area contributed by atoms with Crippen molar-refractivity contribution in [3.8, 4) is 5.75 Å². The smallest absolute Gasteiger partial charge is 0.149 e. The highest BCUT2D eigenvalue weighted by Crippen LogP contribution is 2.35. The predicted octanol–water partition coefficient (Wildman–Crippen LogP) is 4.46. The third-order valence-electron chi connectivity index (χ3n) is 3.48. The number of rotatable bonds is 1. The summed E-state index contributed by atoms with van der Waals surface area (Å²) in [5.74, 6) is 0.288. The van der Waals surface area contributed by atoms with Gasteiger partial charge in [0, 0.05) is 16.6 Å². The van der Waals surface area contributed by atoms with Gasteiger partial charge in [-0.3, -0.25) is 0 Å². The Morgan fingerprint density at radius 2 is 1.84 bits per heavy atom. The molecule has 0 amide bonds. The lowest BCUT2D eigenvalue weighted by molar-refractivity contribution is 0.473. The first-order valence-corrected chi connectivity index (χ1v) is 6.28. The van der Waals surface area contributed by atoms with Gasteiger partial charge in [-0.15, -0.1) is 0 Å². The third kappa shape index (κ3) is 2.29. The van der Waals surface area contributed by atoms with Crippen molar-refractivity contribution in [2.45, 2.75) is 40.0 Å². The molecule has 0 saturated carbocycles. The second kappa shape index (κ2) is 4.48. The SMILES string of the molecule is [CH2]Oc1c(C)c(C)nc2c(F)cc(C(C)(C)C)cc12. The number of aromatic nitrogens is 1. The number of ether oxygens (including phenoxy) is 1. The highest BCUT2D eigenvalue weighted by molar-refractivity contribution is 5.88. The van der Waals surface area contributed by atoms with Crippen molar-refractivity contribution in [1.29, 1.82) is 0 Å². The summed E-state index contributed by atoms with van der Waals surface area (Å²) < 4.78 is 19.5. The second-order valence-electron chi connectivity index (χ2n) is 5.90. The molecule has 3 heteroatoms. The van der Waals surface area contributed by atoms with E-state index in [9.17, 15) is 4.39 Å². The first kappa shape index (κ1) is 13.8. The molecule has 19 heavy (non-hydrogen) atoms. The number of benzene rings is 1. The van der Waals surface area contributed by atoms with Gasteiger partial charge in [-0.2, -0.15) is 0 Å². The maximum Gasteiger partial charge on any atom is 0.149 e. The zero-order valence-corrected chi connectivity index (χ0v) is 12.1. The molecule has 0 fully saturated rings. The van der Waals surface area contributed by atoms with Crippen molar-refractivity contribution in [2.24, 2.45) is 0 Å². The van der Waals surface area contributed by atoms with E-state index in [1.807, 2.05) is 40.7 Å². The van der Waals surface area contributed by atoms with Gasteiger partial charge in [-0.25, -0.2) is 9.37 Å². The van der Waals surface area contributed by atoms with Crippen LogP contribution in [-0.2, 0) is 5.41 Å². The maximum absolute atomic E-state index is 14.3. The Hall–Kier alpha value is -1.64. The van der Waals surface area contributed by atoms with Crippen LogP contribution in [0.1, 0.15) is 37.6 Å². The van der Waals surface area contributed by atoms with Crippen molar-refractivity contribution in [2.75, 3.05) is 0 Å². The highest BCUT2D eigenvalue weighted by Gasteiger charge is 2.20. The summed E-state index contributed by atoms with van der Waals surface area (Å²) in [5, 5.41) is 0.683. The van der Waals surface area contributed by atoms with Crippen molar-refractivity contribution in [1.82, 2.24) is 4.98 Å². The number of pyridine rings is 1. The van der Waals surface area contributed by atoms with Crippen molar-refractivity contribution in [3.63, 3.8) is 0 Å². The minimum Gasteiger partial charge on any atom is -0.489 e. The average Bonchev–Trinajstić information content (AvgIpc) is 2.30. The van der Waals surface area contributed by atoms with Crippen LogP contribution in [0.4, 0.5) is 4.39 Å². The molecule has 0 N–H and O–H groups in total. The summed E-state index contributed by atoms with van der Waals surface area (Å²) in [6, 6.07) is 3.50. The van der Waals surface area contributed by atoms with Crippen molar-refractivity contribution in [3.05, 3.63) is 41.9 Å². The van der Waals surface area contributed by atoms with Crippen LogP contribution in [0.2, 0.25) is 0 Å². The van der Waals surface area contributed by atoms with Crippen LogP contribution in [0.5, 0.6) is 5.75 Å². The lowest BCUT2D eigenvalue weighted by Gasteiger charge is -2.21. The van der Waals surface area contributed by atoms with Crippen LogP contribution in [0.15, 0.2) is 12.1 Å². The van der Waals surface area contributed by atoms with E-state index in [2.05, 4.69) is 12.1 Å². The van der Waals surface area contributed by atoms with E-state index in [0.717, 1.165) is 16.8 Å². The summed E-state index contributed by atoms with van der Waals surface area (Å²) in [4.78, 5) is 4.32. The van der Waals surface area contributed by atoms with E-state index in [-0.39, 0.29) is 11.2 Å². The van der Waals surface area contributed by atoms with Crippen molar-refractivity contribution >= 4 is 10.9 Å². The van der Waals surface area contributed by atoms with Crippen LogP contribution in [-0.4, -0.2) is 4.98 Å². The monoisotopic (exact) mass is 260 g/mol. The van der Waals surface area contributed by atoms with Crippen LogP contribution >= 0.6 is 0 Å². The molecule has 1 radical (unpaired) electrons. The minimum atomic E-state index is -0.316. The Kier molecular flexibility index (Phi) is 3.25. The molecule has 0 aliphatic heterocycles. The van der Waals surface area contributed by atoms with E-state index in [4.69, 9.17) is 4.74 Å². The number of hydrogen-bond acceptors (Lipinski definition) is 2. The largest absolute Gasteiger partial charge is 0.489 e. The van der Waals surface area contributed by atoms with E-state index in [0.29, 0.717) is 16.7 Å². The van der Waals surface area contributed by atoms with E-state index >= 15 is 0 Å². The lowest BCUT2D eigenvalue weighted by Crippen LogP contribution is -2.12. The number of fused-ring (bicyclic) bond motifs is 1. The van der Waals surface area contributed by atoms with Gasteiger partial charge < -0.3 is 4.74 Å². The third-order valence-corrected chi connectivity index (χ3v) is 3.48. The highest BCUT2D eigenvalue weighted by atomic mass is 19.1. The summed E-state index contributed by atoms with van der Waals surface area (Å²) in [6.07, 6.45) is 0. The molecule has 0 bridgehead atoms. The molecular formula is C16H19FNO. The Balaban J connectivity index is 2.90. The average molecular weight is 260 g/mol. The molecule has 0 unspecified atom stereocenters. The molecule has 101 valence electrons. The summed E-state index contributed by atoms with van der Waals surface area (Å²) >= 11 is 0. The van der Waals surface area contributed by atoms with Crippen LogP contribution in [0.25, 0.3) is 10.9 Å². The molecule has 0 atom stereocenters. The standard InChI is InChI=1S/C16H19FNO/c1-9-10(2)18-14-12(15(9)19-6)7-11(8-13(14)17)16(3,4)5/h7-8H,6H2,1-5H3. The quantitative estimate of drug-likeness (QED) is 0.755. The van der Waals surface area contributed by atoms with Gasteiger partial charge in [-0.1, -0.05) is 20.8 Å². The molecule has 1 heterocycles. The van der Waals surface area contributed by atoms with Gasteiger partial charge in [0.2, 0.25) is 0 Å². The molecule has 2 rings (SSSR count). The molecule has 2 aromatic rings. The normalized spacial score (nSPS) is 11.9. The fourth-order valence-corrected chi connectivity index (χ4v) is 2.12. The molecule has 1 aromatic heterocycles. The fraction of sp³-hybridized carbons (Fsp3) is 0.375. The van der Waals surface area contributed by atoms with Crippen LogP contribution in [0, 0.1) is 26.8 Å². The van der Waals surface area contributed by atoms with Crippen LogP contribution in [0.3, 0.4) is 0 Å². The summed E-state index contributed by atoms with van der Waals surface area (Å²) in [6.45, 7) is 9.89. The zero-order valence-electron chi connectivity index (χ0n) is 12.1. The van der Waals surface area contributed by atoms with E-state index < -0.39 is 0 Å². The van der Waals surface area contributed by atoms with Crippen molar-refractivity contribution < 1.29 is 9.13 Å². The molecule has 0 aliphatic carbocycles. The van der Waals surface area contributed by atoms with Gasteiger partial charge >= 0.3 is 0 Å². The number of nitrogens with zero attached hydrogens (tertiary/aromatic N) is 1. The predicted molar refractivity (Wildman–Crippen MR) is 75.9 cm³/mol. The summed E-state index contributed by atoms with van der Waals surface area (Å²) in [5.41, 5.74) is 2.78. The molecule has 0 saturated heterocycles. The number of halogens is 1. The molecule has 2 nitrogen and oxygen atoms in total. The van der Waals surface area contributed by atoms with Gasteiger partial charge in [0.05, 0.1) is 0 Å². The number of aryl methyl sites for hydroxylation is 1. The van der Waals surface area contributed by atoms with Crippen LogP contribution < -0.4 is 4.74 Å². The van der Waals surface area contributed by atoms with E-state index in [1.54, 1.807) is 6.07 Å². The molecule has 0 spiro atoms. The molecule has 0 aliphatic rings. The van der Waals surface area contributed by atoms with Gasteiger partial charge in [0.25, 0.3) is 0 Å². The lowest BCUT2D eigenvalue weighted by atomic mass is 9.86. The Morgan fingerprint density at radius 1 is 1.21 bits per heavy atom. The number of hydrogen-bond donors (Lipinski definition) is 0. The van der Waals surface area contributed by atoms with Gasteiger partial charge in [0.1, 0.15) is 24.2 Å². The first-order chi connectivity index (χ1) is 8.75. The zero-order chi connectivity index (χ0) is 14.4.